The second-order valence-electron chi connectivity index (χ2n) is 4.74. The summed E-state index contributed by atoms with van der Waals surface area (Å²) in [5.74, 6) is -0.395. The zero-order chi connectivity index (χ0) is 15.4. The first-order valence-corrected chi connectivity index (χ1v) is 6.86. The number of non-ortho nitro benzene ring substituents is 1. The summed E-state index contributed by atoms with van der Waals surface area (Å²) < 4.78 is 0. The molecule has 0 heterocycles. The number of rotatable bonds is 6. The van der Waals surface area contributed by atoms with E-state index in [0.29, 0.717) is 6.54 Å². The number of nitrogens with zero attached hydrogens (tertiary/aromatic N) is 1. The van der Waals surface area contributed by atoms with Crippen molar-refractivity contribution < 1.29 is 14.5 Å². The Morgan fingerprint density at radius 2 is 1.95 bits per heavy atom. The zero-order valence-electron chi connectivity index (χ0n) is 11.1. The summed E-state index contributed by atoms with van der Waals surface area (Å²) in [5, 5.41) is 16.1. The second kappa shape index (κ2) is 6.53. The second-order valence-corrected chi connectivity index (χ2v) is 5.15. The molecule has 7 nitrogen and oxygen atoms in total. The van der Waals surface area contributed by atoms with E-state index in [0.717, 1.165) is 18.9 Å². The lowest BCUT2D eigenvalue weighted by Gasteiger charge is -2.07. The van der Waals surface area contributed by atoms with E-state index in [1.165, 1.54) is 12.1 Å². The van der Waals surface area contributed by atoms with Crippen LogP contribution in [0.4, 0.5) is 5.69 Å². The SMILES string of the molecule is O=C(NCCNC(=O)C1CC1)c1cc([N+](=O)[O-])ccc1Cl. The predicted octanol–water partition coefficient (Wildman–Crippen LogP) is 1.50. The van der Waals surface area contributed by atoms with E-state index in [9.17, 15) is 19.7 Å². The maximum atomic E-state index is 11.9. The van der Waals surface area contributed by atoms with E-state index in [-0.39, 0.29) is 34.6 Å². The molecule has 2 rings (SSSR count). The van der Waals surface area contributed by atoms with E-state index in [2.05, 4.69) is 10.6 Å². The summed E-state index contributed by atoms with van der Waals surface area (Å²) in [4.78, 5) is 33.4. The highest BCUT2D eigenvalue weighted by atomic mass is 35.5. The average molecular weight is 312 g/mol. The topological polar surface area (TPSA) is 101 Å². The molecule has 1 aromatic rings. The Labute approximate surface area is 125 Å². The third-order valence-electron chi connectivity index (χ3n) is 3.06. The number of nitrogens with one attached hydrogen (secondary N) is 2. The quantitative estimate of drug-likeness (QED) is 0.472. The van der Waals surface area contributed by atoms with Crippen molar-refractivity contribution in [1.82, 2.24) is 10.6 Å². The highest BCUT2D eigenvalue weighted by Crippen LogP contribution is 2.28. The molecule has 1 fully saturated rings. The van der Waals surface area contributed by atoms with Gasteiger partial charge in [0.2, 0.25) is 5.91 Å². The molecule has 0 aromatic heterocycles. The minimum atomic E-state index is -0.594. The fourth-order valence-electron chi connectivity index (χ4n) is 1.75. The molecule has 112 valence electrons. The van der Waals surface area contributed by atoms with Crippen LogP contribution < -0.4 is 10.6 Å². The molecule has 1 aromatic carbocycles. The van der Waals surface area contributed by atoms with Gasteiger partial charge in [-0.1, -0.05) is 11.6 Å². The van der Waals surface area contributed by atoms with Gasteiger partial charge in [-0.25, -0.2) is 0 Å². The number of hydrogen-bond donors (Lipinski definition) is 2. The van der Waals surface area contributed by atoms with Gasteiger partial charge in [0.05, 0.1) is 15.5 Å². The van der Waals surface area contributed by atoms with Gasteiger partial charge in [0.1, 0.15) is 0 Å². The fourth-order valence-corrected chi connectivity index (χ4v) is 1.95. The number of halogens is 1. The van der Waals surface area contributed by atoms with Crippen molar-refractivity contribution in [3.8, 4) is 0 Å². The monoisotopic (exact) mass is 311 g/mol. The largest absolute Gasteiger partial charge is 0.354 e. The van der Waals surface area contributed by atoms with Crippen LogP contribution in [0.2, 0.25) is 5.02 Å². The molecule has 8 heteroatoms. The number of benzene rings is 1. The summed E-state index contributed by atoms with van der Waals surface area (Å²) in [7, 11) is 0. The van der Waals surface area contributed by atoms with Gasteiger partial charge in [0.25, 0.3) is 11.6 Å². The number of nitro benzene ring substituents is 1. The van der Waals surface area contributed by atoms with Crippen LogP contribution in [-0.2, 0) is 4.79 Å². The molecule has 0 spiro atoms. The summed E-state index contributed by atoms with van der Waals surface area (Å²) in [6.45, 7) is 0.546. The molecule has 2 amide bonds. The van der Waals surface area contributed by atoms with Gasteiger partial charge in [0.15, 0.2) is 0 Å². The molecule has 1 aliphatic rings. The van der Waals surface area contributed by atoms with Crippen LogP contribution in [0.25, 0.3) is 0 Å². The van der Waals surface area contributed by atoms with E-state index in [1.807, 2.05) is 0 Å². The summed E-state index contributed by atoms with van der Waals surface area (Å²) in [6.07, 6.45) is 1.84. The molecule has 0 bridgehead atoms. The van der Waals surface area contributed by atoms with Crippen molar-refractivity contribution in [2.75, 3.05) is 13.1 Å². The van der Waals surface area contributed by atoms with Gasteiger partial charge in [-0.2, -0.15) is 0 Å². The lowest BCUT2D eigenvalue weighted by Crippen LogP contribution is -2.35. The van der Waals surface area contributed by atoms with E-state index in [1.54, 1.807) is 0 Å². The molecule has 0 radical (unpaired) electrons. The van der Waals surface area contributed by atoms with E-state index < -0.39 is 10.8 Å². The molecule has 1 saturated carbocycles. The Morgan fingerprint density at radius 3 is 2.57 bits per heavy atom. The van der Waals surface area contributed by atoms with Gasteiger partial charge in [-0.3, -0.25) is 19.7 Å². The lowest BCUT2D eigenvalue weighted by atomic mass is 10.2. The van der Waals surface area contributed by atoms with E-state index in [4.69, 9.17) is 11.6 Å². The van der Waals surface area contributed by atoms with Crippen molar-refractivity contribution >= 4 is 29.1 Å². The molecular formula is C13H14ClN3O4. The number of amides is 2. The van der Waals surface area contributed by atoms with Gasteiger partial charge in [0, 0.05) is 31.1 Å². The Morgan fingerprint density at radius 1 is 1.29 bits per heavy atom. The summed E-state index contributed by atoms with van der Waals surface area (Å²) in [6, 6.07) is 3.67. The maximum absolute atomic E-state index is 11.9. The minimum Gasteiger partial charge on any atom is -0.354 e. The van der Waals surface area contributed by atoms with Crippen molar-refractivity contribution in [2.24, 2.45) is 5.92 Å². The number of hydrogen-bond acceptors (Lipinski definition) is 4. The van der Waals surface area contributed by atoms with Gasteiger partial charge in [-0.15, -0.1) is 0 Å². The Hall–Kier alpha value is -2.15. The van der Waals surface area contributed by atoms with Crippen molar-refractivity contribution in [3.05, 3.63) is 38.9 Å². The minimum absolute atomic E-state index is 0.00219. The van der Waals surface area contributed by atoms with Crippen LogP contribution >= 0.6 is 11.6 Å². The fraction of sp³-hybridized carbons (Fsp3) is 0.385. The number of carbonyl (C=O) groups is 2. The third kappa shape index (κ3) is 4.16. The molecule has 0 atom stereocenters. The maximum Gasteiger partial charge on any atom is 0.270 e. The molecule has 1 aliphatic carbocycles. The Balaban J connectivity index is 1.86. The highest BCUT2D eigenvalue weighted by Gasteiger charge is 2.29. The first kappa shape index (κ1) is 15.2. The molecule has 0 saturated heterocycles. The van der Waals surface area contributed by atoms with Crippen LogP contribution in [0.15, 0.2) is 18.2 Å². The van der Waals surface area contributed by atoms with Crippen LogP contribution in [0.5, 0.6) is 0 Å². The zero-order valence-corrected chi connectivity index (χ0v) is 11.9. The Bertz CT molecular complexity index is 587. The normalized spacial score (nSPS) is 13.6. The predicted molar refractivity (Wildman–Crippen MR) is 76.2 cm³/mol. The molecule has 2 N–H and O–H groups in total. The van der Waals surface area contributed by atoms with E-state index >= 15 is 0 Å². The first-order chi connectivity index (χ1) is 9.99. The standard InChI is InChI=1S/C13H14ClN3O4/c14-11-4-3-9(17(20)21)7-10(11)13(19)16-6-5-15-12(18)8-1-2-8/h3-4,7-8H,1-2,5-6H2,(H,15,18)(H,16,19). The molecule has 0 unspecified atom stereocenters. The van der Waals surface area contributed by atoms with Gasteiger partial charge < -0.3 is 10.6 Å². The van der Waals surface area contributed by atoms with Crippen LogP contribution in [0, 0.1) is 16.0 Å². The molecule has 21 heavy (non-hydrogen) atoms. The Kier molecular flexibility index (Phi) is 4.74. The molecule has 0 aliphatic heterocycles. The number of nitro groups is 1. The number of carbonyl (C=O) groups excluding carboxylic acids is 2. The smallest absolute Gasteiger partial charge is 0.270 e. The third-order valence-corrected chi connectivity index (χ3v) is 3.39. The van der Waals surface area contributed by atoms with Crippen LogP contribution in [0.3, 0.4) is 0 Å². The highest BCUT2D eigenvalue weighted by molar-refractivity contribution is 6.33. The first-order valence-electron chi connectivity index (χ1n) is 6.49. The summed E-state index contributed by atoms with van der Waals surface area (Å²) >= 11 is 5.86. The van der Waals surface area contributed by atoms with Crippen LogP contribution in [-0.4, -0.2) is 29.8 Å². The average Bonchev–Trinajstić information content (AvgIpc) is 3.27. The van der Waals surface area contributed by atoms with Gasteiger partial charge >= 0.3 is 0 Å². The summed E-state index contributed by atoms with van der Waals surface area (Å²) in [5.41, 5.74) is -0.161. The van der Waals surface area contributed by atoms with Gasteiger partial charge in [-0.05, 0) is 18.9 Å². The van der Waals surface area contributed by atoms with Crippen LogP contribution in [0.1, 0.15) is 23.2 Å². The molecular weight excluding hydrogens is 298 g/mol. The van der Waals surface area contributed by atoms with Crippen molar-refractivity contribution in [1.29, 1.82) is 0 Å². The van der Waals surface area contributed by atoms with Crippen molar-refractivity contribution in [2.45, 2.75) is 12.8 Å². The lowest BCUT2D eigenvalue weighted by molar-refractivity contribution is -0.384. The van der Waals surface area contributed by atoms with Crippen molar-refractivity contribution in [3.63, 3.8) is 0 Å².